The van der Waals surface area contributed by atoms with Crippen LogP contribution in [0.1, 0.15) is 37.6 Å². The molecule has 1 saturated heterocycles. The maximum Gasteiger partial charge on any atom is 0.265 e. The third kappa shape index (κ3) is 8.00. The number of nitrogens with two attached hydrogens (primary N) is 1. The Balaban J connectivity index is 0.000000248. The summed E-state index contributed by atoms with van der Waals surface area (Å²) in [5, 5.41) is 10.8. The number of benzene rings is 3. The quantitative estimate of drug-likeness (QED) is 0.207. The summed E-state index contributed by atoms with van der Waals surface area (Å²) in [5.41, 5.74) is 10.8. The molecule has 3 aromatic carbocycles. The molecule has 0 bridgehead atoms. The van der Waals surface area contributed by atoms with Crippen molar-refractivity contribution in [1.82, 2.24) is 25.2 Å². The molecule has 256 valence electrons. The molecule has 0 saturated carbocycles. The molecule has 2 aromatic heterocycles. The Morgan fingerprint density at radius 3 is 2.04 bits per heavy atom. The minimum Gasteiger partial charge on any atom is -0.497 e. The lowest BCUT2D eigenvalue weighted by Crippen LogP contribution is -2.45. The molecule has 4 heterocycles. The van der Waals surface area contributed by atoms with Gasteiger partial charge in [-0.2, -0.15) is 9.97 Å². The molecule has 2 aliphatic heterocycles. The minimum atomic E-state index is -0.564. The third-order valence-corrected chi connectivity index (χ3v) is 8.55. The van der Waals surface area contributed by atoms with Crippen molar-refractivity contribution < 1.29 is 23.3 Å². The van der Waals surface area contributed by atoms with Crippen LogP contribution in [0.5, 0.6) is 11.5 Å². The number of aryl methyl sites for hydroxylation is 3. The fraction of sp³-hybridized carbons (Fsp3) is 0.361. The van der Waals surface area contributed by atoms with Crippen molar-refractivity contribution in [3.63, 3.8) is 0 Å². The van der Waals surface area contributed by atoms with Crippen LogP contribution < -0.4 is 25.4 Å². The SMILES string of the molecule is CCc1nc(-c2ccc(N)cc2)no1.CCc1nc(-c2ccc(NC(=O)C3CCc4cc(OC)cc(N5CCN(C)CC5)c4O3)cc2)no1. The Morgan fingerprint density at radius 1 is 0.898 bits per heavy atom. The van der Waals surface area contributed by atoms with Crippen LogP contribution in [-0.4, -0.2) is 77.5 Å². The van der Waals surface area contributed by atoms with Crippen LogP contribution in [0.15, 0.2) is 69.7 Å². The highest BCUT2D eigenvalue weighted by Crippen LogP contribution is 2.41. The number of ether oxygens (including phenoxy) is 2. The Labute approximate surface area is 285 Å². The summed E-state index contributed by atoms with van der Waals surface area (Å²) >= 11 is 0. The standard InChI is InChI=1S/C26H31N5O4.C10H11N3O/c1-4-23-28-25(29-35-23)17-5-8-19(9-6-17)27-26(32)22-10-7-18-15-20(33-3)16-21(24(18)34-22)31-13-11-30(2)12-14-31;1-2-9-12-10(13-14-9)7-3-5-8(11)6-4-7/h5-6,8-9,15-16,22H,4,7,10-14H2,1-3H3,(H,27,32);3-6H,2,11H2,1H3. The summed E-state index contributed by atoms with van der Waals surface area (Å²) in [6.07, 6.45) is 2.24. The lowest BCUT2D eigenvalue weighted by molar-refractivity contribution is -0.123. The molecule has 5 aromatic rings. The van der Waals surface area contributed by atoms with Crippen molar-refractivity contribution in [2.24, 2.45) is 0 Å². The number of carbonyl (C=O) groups is 1. The maximum atomic E-state index is 13.1. The van der Waals surface area contributed by atoms with Crippen molar-refractivity contribution in [3.05, 3.63) is 78.0 Å². The number of fused-ring (bicyclic) bond motifs is 1. The highest BCUT2D eigenvalue weighted by atomic mass is 16.5. The molecular weight excluding hydrogens is 624 g/mol. The normalized spacial score (nSPS) is 15.8. The van der Waals surface area contributed by atoms with Crippen LogP contribution in [0.2, 0.25) is 0 Å². The summed E-state index contributed by atoms with van der Waals surface area (Å²) in [7, 11) is 3.81. The van der Waals surface area contributed by atoms with E-state index in [9.17, 15) is 4.79 Å². The first-order valence-electron chi connectivity index (χ1n) is 16.6. The van der Waals surface area contributed by atoms with E-state index in [0.717, 1.165) is 78.6 Å². The summed E-state index contributed by atoms with van der Waals surface area (Å²) in [5.74, 6) is 3.85. The second kappa shape index (κ2) is 15.2. The van der Waals surface area contributed by atoms with Crippen molar-refractivity contribution >= 4 is 23.0 Å². The summed E-state index contributed by atoms with van der Waals surface area (Å²) in [6.45, 7) is 7.71. The molecule has 1 fully saturated rings. The second-order valence-corrected chi connectivity index (χ2v) is 12.0. The van der Waals surface area contributed by atoms with Gasteiger partial charge in [-0.15, -0.1) is 0 Å². The minimum absolute atomic E-state index is 0.156. The van der Waals surface area contributed by atoms with E-state index in [2.05, 4.69) is 42.4 Å². The van der Waals surface area contributed by atoms with Crippen LogP contribution in [0.3, 0.4) is 0 Å². The number of rotatable bonds is 8. The zero-order valence-electron chi connectivity index (χ0n) is 28.3. The van der Waals surface area contributed by atoms with Crippen molar-refractivity contribution in [1.29, 1.82) is 0 Å². The smallest absolute Gasteiger partial charge is 0.265 e. The number of nitrogen functional groups attached to an aromatic ring is 1. The Bertz CT molecular complexity index is 1850. The monoisotopic (exact) mass is 666 g/mol. The van der Waals surface area contributed by atoms with Gasteiger partial charge < -0.3 is 39.4 Å². The molecule has 13 nitrogen and oxygen atoms in total. The van der Waals surface area contributed by atoms with E-state index in [0.29, 0.717) is 42.0 Å². The van der Waals surface area contributed by atoms with Gasteiger partial charge >= 0.3 is 0 Å². The van der Waals surface area contributed by atoms with E-state index < -0.39 is 6.10 Å². The molecule has 0 aliphatic carbocycles. The van der Waals surface area contributed by atoms with Gasteiger partial charge in [0.05, 0.1) is 12.8 Å². The van der Waals surface area contributed by atoms with Crippen molar-refractivity contribution in [3.8, 4) is 34.3 Å². The number of nitrogens with zero attached hydrogens (tertiary/aromatic N) is 6. The summed E-state index contributed by atoms with van der Waals surface area (Å²) in [4.78, 5) is 26.3. The largest absolute Gasteiger partial charge is 0.497 e. The molecule has 2 aliphatic rings. The maximum absolute atomic E-state index is 13.1. The predicted octanol–water partition coefficient (Wildman–Crippen LogP) is 5.27. The van der Waals surface area contributed by atoms with Gasteiger partial charge in [0.15, 0.2) is 6.10 Å². The van der Waals surface area contributed by atoms with E-state index >= 15 is 0 Å². The number of carbonyl (C=O) groups excluding carboxylic acids is 1. The predicted molar refractivity (Wildman–Crippen MR) is 187 cm³/mol. The van der Waals surface area contributed by atoms with Crippen LogP contribution in [0.4, 0.5) is 17.1 Å². The summed E-state index contributed by atoms with van der Waals surface area (Å²) in [6, 6.07) is 18.8. The highest BCUT2D eigenvalue weighted by molar-refractivity contribution is 5.95. The first-order valence-corrected chi connectivity index (χ1v) is 16.6. The Hall–Kier alpha value is -5.43. The number of methoxy groups -OCH3 is 1. The first-order chi connectivity index (χ1) is 23.8. The molecule has 1 amide bonds. The van der Waals surface area contributed by atoms with Crippen LogP contribution in [0, 0.1) is 0 Å². The molecule has 7 rings (SSSR count). The van der Waals surface area contributed by atoms with Gasteiger partial charge in [-0.1, -0.05) is 24.2 Å². The number of amides is 1. The average Bonchev–Trinajstić information content (AvgIpc) is 3.83. The Morgan fingerprint density at radius 2 is 1.49 bits per heavy atom. The fourth-order valence-electron chi connectivity index (χ4n) is 5.63. The molecule has 1 atom stereocenters. The van der Waals surface area contributed by atoms with E-state index in [1.165, 1.54) is 0 Å². The fourth-order valence-corrected chi connectivity index (χ4v) is 5.63. The first kappa shape index (κ1) is 33.5. The molecule has 0 spiro atoms. The summed E-state index contributed by atoms with van der Waals surface area (Å²) < 4.78 is 22.1. The van der Waals surface area contributed by atoms with Gasteiger partial charge in [0.25, 0.3) is 5.91 Å². The van der Waals surface area contributed by atoms with Gasteiger partial charge in [0, 0.05) is 73.2 Å². The average molecular weight is 667 g/mol. The van der Waals surface area contributed by atoms with E-state index in [4.69, 9.17) is 24.3 Å². The molecule has 13 heteroatoms. The topological polar surface area (TPSA) is 158 Å². The van der Waals surface area contributed by atoms with Gasteiger partial charge in [-0.25, -0.2) is 0 Å². The molecule has 3 N–H and O–H groups in total. The number of anilines is 3. The number of nitrogens with one attached hydrogen (secondary N) is 1. The van der Waals surface area contributed by atoms with Crippen molar-refractivity contribution in [2.45, 2.75) is 45.6 Å². The number of hydrogen-bond donors (Lipinski definition) is 2. The van der Waals surface area contributed by atoms with Gasteiger partial charge in [-0.05, 0) is 74.5 Å². The van der Waals surface area contributed by atoms with Crippen LogP contribution in [0.25, 0.3) is 22.8 Å². The van der Waals surface area contributed by atoms with Crippen LogP contribution in [-0.2, 0) is 24.1 Å². The van der Waals surface area contributed by atoms with Crippen molar-refractivity contribution in [2.75, 3.05) is 56.3 Å². The lowest BCUT2D eigenvalue weighted by atomic mass is 9.99. The highest BCUT2D eigenvalue weighted by Gasteiger charge is 2.31. The molecule has 0 radical (unpaired) electrons. The molecular formula is C36H42N8O5. The molecule has 49 heavy (non-hydrogen) atoms. The van der Waals surface area contributed by atoms with E-state index in [1.54, 1.807) is 7.11 Å². The van der Waals surface area contributed by atoms with Crippen LogP contribution >= 0.6 is 0 Å². The van der Waals surface area contributed by atoms with Gasteiger partial charge in [-0.3, -0.25) is 4.79 Å². The number of likely N-dealkylation sites (N-methyl/N-ethyl adjacent to an activating group) is 1. The number of aromatic nitrogens is 4. The number of piperazine rings is 1. The number of hydrogen-bond acceptors (Lipinski definition) is 12. The zero-order valence-corrected chi connectivity index (χ0v) is 28.3. The van der Waals surface area contributed by atoms with Gasteiger partial charge in [0.1, 0.15) is 11.5 Å². The van der Waals surface area contributed by atoms with Gasteiger partial charge in [0.2, 0.25) is 23.4 Å². The zero-order chi connectivity index (χ0) is 34.3. The second-order valence-electron chi connectivity index (χ2n) is 12.0. The lowest BCUT2D eigenvalue weighted by Gasteiger charge is -2.37. The third-order valence-electron chi connectivity index (χ3n) is 8.55. The van der Waals surface area contributed by atoms with E-state index in [-0.39, 0.29) is 5.91 Å². The van der Waals surface area contributed by atoms with E-state index in [1.807, 2.05) is 74.5 Å². The molecule has 1 unspecified atom stereocenters. The Kier molecular flexibility index (Phi) is 10.4.